The normalized spacial score (nSPS) is 21.4. The summed E-state index contributed by atoms with van der Waals surface area (Å²) >= 11 is 0. The summed E-state index contributed by atoms with van der Waals surface area (Å²) in [6.45, 7) is 2.43. The third kappa shape index (κ3) is 4.13. The highest BCUT2D eigenvalue weighted by Crippen LogP contribution is 2.23. The second kappa shape index (κ2) is 7.77. The van der Waals surface area contributed by atoms with Crippen LogP contribution in [0, 0.1) is 11.7 Å². The van der Waals surface area contributed by atoms with Crippen molar-refractivity contribution < 1.29 is 14.0 Å². The van der Waals surface area contributed by atoms with Crippen LogP contribution in [-0.2, 0) is 16.0 Å². The van der Waals surface area contributed by atoms with Crippen molar-refractivity contribution in [2.24, 2.45) is 5.92 Å². The van der Waals surface area contributed by atoms with Crippen molar-refractivity contribution in [2.45, 2.75) is 38.5 Å². The van der Waals surface area contributed by atoms with E-state index in [0.29, 0.717) is 25.3 Å². The summed E-state index contributed by atoms with van der Waals surface area (Å²) < 4.78 is 13.7. The maximum Gasteiger partial charge on any atom is 0.242 e. The lowest BCUT2D eigenvalue weighted by molar-refractivity contribution is -0.139. The first-order chi connectivity index (χ1) is 11.6. The zero-order valence-electron chi connectivity index (χ0n) is 14.0. The fourth-order valence-electron chi connectivity index (χ4n) is 3.72. The van der Waals surface area contributed by atoms with Crippen LogP contribution < -0.4 is 0 Å². The van der Waals surface area contributed by atoms with Gasteiger partial charge in [-0.05, 0) is 49.7 Å². The Morgan fingerprint density at radius 2 is 2.04 bits per heavy atom. The monoisotopic (exact) mass is 332 g/mol. The number of aryl methyl sites for hydroxylation is 1. The van der Waals surface area contributed by atoms with Crippen molar-refractivity contribution >= 4 is 11.8 Å². The van der Waals surface area contributed by atoms with Crippen LogP contribution in [0.4, 0.5) is 4.39 Å². The average molecular weight is 332 g/mol. The van der Waals surface area contributed by atoms with Crippen molar-refractivity contribution in [2.75, 3.05) is 26.2 Å². The summed E-state index contributed by atoms with van der Waals surface area (Å²) in [7, 11) is 0. The molecule has 2 aliphatic heterocycles. The second-order valence-electron chi connectivity index (χ2n) is 6.90. The number of amides is 2. The van der Waals surface area contributed by atoms with E-state index in [-0.39, 0.29) is 24.2 Å². The average Bonchev–Trinajstić information content (AvgIpc) is 2.99. The summed E-state index contributed by atoms with van der Waals surface area (Å²) in [6, 6.07) is 6.90. The largest absolute Gasteiger partial charge is 0.341 e. The van der Waals surface area contributed by atoms with Gasteiger partial charge in [0.05, 0.1) is 6.54 Å². The summed E-state index contributed by atoms with van der Waals surface area (Å²) in [4.78, 5) is 27.7. The molecule has 130 valence electrons. The predicted octanol–water partition coefficient (Wildman–Crippen LogP) is 2.62. The van der Waals surface area contributed by atoms with E-state index < -0.39 is 0 Å². The van der Waals surface area contributed by atoms with Gasteiger partial charge in [0.15, 0.2) is 0 Å². The van der Waals surface area contributed by atoms with Gasteiger partial charge < -0.3 is 9.80 Å². The van der Waals surface area contributed by atoms with Gasteiger partial charge in [-0.15, -0.1) is 0 Å². The first-order valence-corrected chi connectivity index (χ1v) is 8.92. The molecule has 3 rings (SSSR count). The minimum atomic E-state index is -0.145. The maximum atomic E-state index is 13.7. The van der Waals surface area contributed by atoms with Crippen LogP contribution >= 0.6 is 0 Å². The van der Waals surface area contributed by atoms with E-state index in [1.807, 2.05) is 17.0 Å². The van der Waals surface area contributed by atoms with Gasteiger partial charge in [0, 0.05) is 26.1 Å². The molecule has 1 aromatic rings. The molecule has 0 aliphatic carbocycles. The quantitative estimate of drug-likeness (QED) is 0.832. The van der Waals surface area contributed by atoms with E-state index in [1.165, 1.54) is 6.07 Å². The van der Waals surface area contributed by atoms with Crippen LogP contribution in [-0.4, -0.2) is 47.8 Å². The summed E-state index contributed by atoms with van der Waals surface area (Å²) in [5, 5.41) is 0. The van der Waals surface area contributed by atoms with E-state index in [0.717, 1.165) is 44.3 Å². The molecule has 0 bridgehead atoms. The Morgan fingerprint density at radius 3 is 2.79 bits per heavy atom. The molecule has 1 aromatic carbocycles. The van der Waals surface area contributed by atoms with Crippen LogP contribution in [0.3, 0.4) is 0 Å². The first-order valence-electron chi connectivity index (χ1n) is 8.92. The Bertz CT molecular complexity index is 605. The Kier molecular flexibility index (Phi) is 5.48. The molecule has 24 heavy (non-hydrogen) atoms. The molecular formula is C19H25FN2O2. The van der Waals surface area contributed by atoms with Crippen molar-refractivity contribution in [3.63, 3.8) is 0 Å². The summed E-state index contributed by atoms with van der Waals surface area (Å²) in [6.07, 6.45) is 5.11. The second-order valence-corrected chi connectivity index (χ2v) is 6.90. The van der Waals surface area contributed by atoms with E-state index in [9.17, 15) is 14.0 Å². The minimum absolute atomic E-state index is 0.0563. The molecule has 2 amide bonds. The third-order valence-corrected chi connectivity index (χ3v) is 5.15. The number of nitrogens with zero attached hydrogens (tertiary/aromatic N) is 2. The van der Waals surface area contributed by atoms with Crippen molar-refractivity contribution in [1.82, 2.24) is 9.80 Å². The number of hydrogen-bond acceptors (Lipinski definition) is 2. The zero-order valence-corrected chi connectivity index (χ0v) is 14.0. The number of carbonyl (C=O) groups excluding carboxylic acids is 2. The lowest BCUT2D eigenvalue weighted by Crippen LogP contribution is -2.45. The molecular weight excluding hydrogens is 307 g/mol. The Hall–Kier alpha value is -1.91. The molecule has 0 spiro atoms. The molecule has 4 nitrogen and oxygen atoms in total. The van der Waals surface area contributed by atoms with Gasteiger partial charge in [0.2, 0.25) is 11.8 Å². The van der Waals surface area contributed by atoms with Crippen molar-refractivity contribution in [1.29, 1.82) is 0 Å². The molecule has 0 unspecified atom stereocenters. The molecule has 2 saturated heterocycles. The van der Waals surface area contributed by atoms with Gasteiger partial charge in [-0.1, -0.05) is 18.2 Å². The molecule has 1 atom stereocenters. The van der Waals surface area contributed by atoms with Gasteiger partial charge in [0.1, 0.15) is 5.82 Å². The highest BCUT2D eigenvalue weighted by molar-refractivity contribution is 5.85. The highest BCUT2D eigenvalue weighted by Gasteiger charge is 2.28. The number of rotatable bonds is 5. The van der Waals surface area contributed by atoms with E-state index >= 15 is 0 Å². The molecule has 0 radical (unpaired) electrons. The lowest BCUT2D eigenvalue weighted by Gasteiger charge is -2.34. The van der Waals surface area contributed by atoms with Crippen molar-refractivity contribution in [3.05, 3.63) is 35.6 Å². The van der Waals surface area contributed by atoms with Gasteiger partial charge >= 0.3 is 0 Å². The number of benzene rings is 1. The molecule has 0 saturated carbocycles. The first kappa shape index (κ1) is 16.9. The molecule has 2 fully saturated rings. The third-order valence-electron chi connectivity index (χ3n) is 5.15. The van der Waals surface area contributed by atoms with Crippen LogP contribution in [0.15, 0.2) is 24.3 Å². The lowest BCUT2D eigenvalue weighted by atomic mass is 9.91. The van der Waals surface area contributed by atoms with Gasteiger partial charge in [-0.2, -0.15) is 0 Å². The predicted molar refractivity (Wildman–Crippen MR) is 89.8 cm³/mol. The number of likely N-dealkylation sites (tertiary alicyclic amines) is 2. The number of halogens is 1. The minimum Gasteiger partial charge on any atom is -0.341 e. The van der Waals surface area contributed by atoms with E-state index in [1.54, 1.807) is 11.0 Å². The highest BCUT2D eigenvalue weighted by atomic mass is 19.1. The van der Waals surface area contributed by atoms with Gasteiger partial charge in [-0.25, -0.2) is 4.39 Å². The summed E-state index contributed by atoms with van der Waals surface area (Å²) in [5.41, 5.74) is 0.753. The molecule has 0 N–H and O–H groups in total. The van der Waals surface area contributed by atoms with Crippen LogP contribution in [0.2, 0.25) is 0 Å². The topological polar surface area (TPSA) is 40.6 Å². The Balaban J connectivity index is 1.49. The fourth-order valence-corrected chi connectivity index (χ4v) is 3.72. The summed E-state index contributed by atoms with van der Waals surface area (Å²) in [5.74, 6) is 0.419. The molecule has 2 aliphatic rings. The number of carbonyl (C=O) groups is 2. The van der Waals surface area contributed by atoms with Gasteiger partial charge in [-0.3, -0.25) is 9.59 Å². The van der Waals surface area contributed by atoms with E-state index in [2.05, 4.69) is 0 Å². The number of hydrogen-bond donors (Lipinski definition) is 0. The van der Waals surface area contributed by atoms with E-state index in [4.69, 9.17) is 0 Å². The Morgan fingerprint density at radius 1 is 1.21 bits per heavy atom. The van der Waals surface area contributed by atoms with Crippen LogP contribution in [0.25, 0.3) is 0 Å². The Labute approximate surface area is 142 Å². The van der Waals surface area contributed by atoms with Crippen LogP contribution in [0.5, 0.6) is 0 Å². The molecule has 2 heterocycles. The SMILES string of the molecule is O=C1CCCN1CC(=O)N1CCC[C@H](CCc2ccccc2F)C1. The fraction of sp³-hybridized carbons (Fsp3) is 0.579. The number of piperidine rings is 1. The maximum absolute atomic E-state index is 13.7. The van der Waals surface area contributed by atoms with Crippen LogP contribution in [0.1, 0.15) is 37.7 Å². The molecule has 5 heteroatoms. The standard InChI is InChI=1S/C19H25FN2O2/c20-17-7-2-1-6-16(17)10-9-15-5-3-11-21(13-15)19(24)14-22-12-4-8-18(22)23/h1-2,6-7,15H,3-5,8-14H2/t15-/m1/s1. The van der Waals surface area contributed by atoms with Gasteiger partial charge in [0.25, 0.3) is 0 Å². The van der Waals surface area contributed by atoms with Crippen molar-refractivity contribution in [3.8, 4) is 0 Å². The zero-order chi connectivity index (χ0) is 16.9. The smallest absolute Gasteiger partial charge is 0.242 e. The molecule has 0 aromatic heterocycles.